The molecule has 1 unspecified atom stereocenters. The van der Waals surface area contributed by atoms with Crippen LogP contribution in [0, 0.1) is 0 Å². The Hall–Kier alpha value is -1.76. The number of benzene rings is 1. The van der Waals surface area contributed by atoms with Crippen molar-refractivity contribution < 1.29 is 13.2 Å². The molecule has 1 amide bonds. The molecular weight excluding hydrogens is 314 g/mol. The lowest BCUT2D eigenvalue weighted by Gasteiger charge is -2.23. The molecule has 0 saturated heterocycles. The van der Waals surface area contributed by atoms with Crippen LogP contribution < -0.4 is 14.5 Å². The summed E-state index contributed by atoms with van der Waals surface area (Å²) in [5.74, 6) is -0.141. The van der Waals surface area contributed by atoms with Crippen molar-refractivity contribution in [2.75, 3.05) is 36.1 Å². The number of amides is 1. The second-order valence-corrected chi connectivity index (χ2v) is 7.78. The molecule has 23 heavy (non-hydrogen) atoms. The van der Waals surface area contributed by atoms with Gasteiger partial charge in [-0.05, 0) is 37.6 Å². The summed E-state index contributed by atoms with van der Waals surface area (Å²) in [5, 5.41) is 2.84. The second-order valence-electron chi connectivity index (χ2n) is 5.87. The summed E-state index contributed by atoms with van der Waals surface area (Å²) in [4.78, 5) is 13.8. The topological polar surface area (TPSA) is 69.7 Å². The third-order valence-corrected chi connectivity index (χ3v) is 4.81. The van der Waals surface area contributed by atoms with Crippen LogP contribution in [0.25, 0.3) is 0 Å². The molecule has 0 spiro atoms. The maximum atomic E-state index is 12.0. The van der Waals surface area contributed by atoms with E-state index in [-0.39, 0.29) is 24.9 Å². The first-order chi connectivity index (χ1) is 10.6. The van der Waals surface area contributed by atoms with E-state index in [1.807, 2.05) is 45.0 Å². The fourth-order valence-corrected chi connectivity index (χ4v) is 2.98. The Labute approximate surface area is 139 Å². The van der Waals surface area contributed by atoms with Crippen molar-refractivity contribution in [3.63, 3.8) is 0 Å². The highest BCUT2D eigenvalue weighted by molar-refractivity contribution is 7.92. The maximum absolute atomic E-state index is 12.0. The monoisotopic (exact) mass is 341 g/mol. The molecule has 0 bridgehead atoms. The molecule has 0 aliphatic carbocycles. The molecule has 1 aromatic rings. The van der Waals surface area contributed by atoms with Gasteiger partial charge in [-0.25, -0.2) is 8.42 Å². The lowest BCUT2D eigenvalue weighted by molar-refractivity contribution is -0.121. The van der Waals surface area contributed by atoms with Gasteiger partial charge in [0.1, 0.15) is 0 Å². The first kappa shape index (κ1) is 19.3. The van der Waals surface area contributed by atoms with Gasteiger partial charge in [0.25, 0.3) is 0 Å². The molecule has 1 N–H and O–H groups in total. The molecule has 0 aliphatic rings. The van der Waals surface area contributed by atoms with Gasteiger partial charge in [0, 0.05) is 38.8 Å². The number of sulfonamides is 1. The smallest absolute Gasteiger partial charge is 0.232 e. The highest BCUT2D eigenvalue weighted by Crippen LogP contribution is 2.21. The van der Waals surface area contributed by atoms with Gasteiger partial charge in [-0.1, -0.05) is 6.92 Å². The molecular formula is C16H27N3O3S. The molecule has 7 heteroatoms. The molecule has 0 aliphatic heterocycles. The number of carbonyl (C=O) groups excluding carboxylic acids is 1. The van der Waals surface area contributed by atoms with Crippen molar-refractivity contribution in [2.24, 2.45) is 0 Å². The number of hydrogen-bond donors (Lipinski definition) is 1. The highest BCUT2D eigenvalue weighted by Gasteiger charge is 2.19. The molecule has 0 heterocycles. The average Bonchev–Trinajstić information content (AvgIpc) is 2.46. The number of nitrogens with one attached hydrogen (secondary N) is 1. The van der Waals surface area contributed by atoms with Gasteiger partial charge in [0.2, 0.25) is 15.9 Å². The molecule has 0 fully saturated rings. The fourth-order valence-electron chi connectivity index (χ4n) is 2.06. The maximum Gasteiger partial charge on any atom is 0.232 e. The number of anilines is 2. The minimum absolute atomic E-state index is 0.0913. The molecule has 0 radical (unpaired) electrons. The first-order valence-corrected chi connectivity index (χ1v) is 9.54. The second kappa shape index (κ2) is 8.19. The predicted octanol–water partition coefficient (Wildman–Crippen LogP) is 1.82. The van der Waals surface area contributed by atoms with Crippen LogP contribution in [0.15, 0.2) is 24.3 Å². The Morgan fingerprint density at radius 2 is 1.70 bits per heavy atom. The zero-order chi connectivity index (χ0) is 17.6. The van der Waals surface area contributed by atoms with Gasteiger partial charge in [0.15, 0.2) is 0 Å². The van der Waals surface area contributed by atoms with E-state index in [4.69, 9.17) is 0 Å². The van der Waals surface area contributed by atoms with Crippen LogP contribution in [0.4, 0.5) is 11.4 Å². The summed E-state index contributed by atoms with van der Waals surface area (Å²) in [6.07, 6.45) is 2.12. The Morgan fingerprint density at radius 1 is 1.17 bits per heavy atom. The van der Waals surface area contributed by atoms with E-state index in [0.29, 0.717) is 5.69 Å². The van der Waals surface area contributed by atoms with Crippen molar-refractivity contribution in [1.29, 1.82) is 0 Å². The Balaban J connectivity index is 2.84. The first-order valence-electron chi connectivity index (χ1n) is 7.69. The minimum Gasteiger partial charge on any atom is -0.378 e. The normalized spacial score (nSPS) is 12.6. The van der Waals surface area contributed by atoms with E-state index in [1.54, 1.807) is 12.1 Å². The van der Waals surface area contributed by atoms with Gasteiger partial charge in [-0.3, -0.25) is 9.10 Å². The minimum atomic E-state index is -3.44. The van der Waals surface area contributed by atoms with E-state index in [2.05, 4.69) is 5.32 Å². The van der Waals surface area contributed by atoms with Crippen LogP contribution in [0.5, 0.6) is 0 Å². The quantitative estimate of drug-likeness (QED) is 0.783. The van der Waals surface area contributed by atoms with Crippen LogP contribution in [-0.4, -0.2) is 47.3 Å². The van der Waals surface area contributed by atoms with E-state index >= 15 is 0 Å². The molecule has 1 aromatic carbocycles. The van der Waals surface area contributed by atoms with E-state index in [9.17, 15) is 13.2 Å². The molecule has 130 valence electrons. The van der Waals surface area contributed by atoms with E-state index in [1.165, 1.54) is 4.31 Å². The largest absolute Gasteiger partial charge is 0.378 e. The van der Waals surface area contributed by atoms with Crippen LogP contribution in [0.1, 0.15) is 26.7 Å². The number of rotatable bonds is 8. The van der Waals surface area contributed by atoms with Gasteiger partial charge in [0.05, 0.1) is 11.9 Å². The number of nitrogens with zero attached hydrogens (tertiary/aromatic N) is 2. The van der Waals surface area contributed by atoms with Crippen LogP contribution in [0.3, 0.4) is 0 Å². The molecule has 0 aromatic heterocycles. The predicted molar refractivity (Wildman–Crippen MR) is 95.5 cm³/mol. The summed E-state index contributed by atoms with van der Waals surface area (Å²) in [6.45, 7) is 4.04. The Morgan fingerprint density at radius 3 is 2.13 bits per heavy atom. The van der Waals surface area contributed by atoms with Crippen LogP contribution in [0.2, 0.25) is 0 Å². The lowest BCUT2D eigenvalue weighted by atomic mass is 10.2. The molecule has 1 rings (SSSR count). The van der Waals surface area contributed by atoms with Gasteiger partial charge >= 0.3 is 0 Å². The molecule has 6 nitrogen and oxygen atoms in total. The van der Waals surface area contributed by atoms with Gasteiger partial charge in [-0.2, -0.15) is 0 Å². The Kier molecular flexibility index (Phi) is 6.87. The van der Waals surface area contributed by atoms with Gasteiger partial charge in [-0.15, -0.1) is 0 Å². The highest BCUT2D eigenvalue weighted by atomic mass is 32.2. The van der Waals surface area contributed by atoms with E-state index in [0.717, 1.165) is 18.4 Å². The van der Waals surface area contributed by atoms with E-state index < -0.39 is 10.0 Å². The summed E-state index contributed by atoms with van der Waals surface area (Å²) in [6, 6.07) is 7.30. The van der Waals surface area contributed by atoms with Crippen LogP contribution >= 0.6 is 0 Å². The van der Waals surface area contributed by atoms with Crippen molar-refractivity contribution in [3.8, 4) is 0 Å². The van der Waals surface area contributed by atoms with Crippen molar-refractivity contribution in [1.82, 2.24) is 5.32 Å². The third kappa shape index (κ3) is 6.09. The van der Waals surface area contributed by atoms with Crippen molar-refractivity contribution in [2.45, 2.75) is 32.7 Å². The van der Waals surface area contributed by atoms with Crippen LogP contribution in [-0.2, 0) is 14.8 Å². The summed E-state index contributed by atoms with van der Waals surface area (Å²) < 4.78 is 25.3. The lowest BCUT2D eigenvalue weighted by Crippen LogP contribution is -2.37. The standard InChI is InChI=1S/C16H27N3O3S/c1-6-13(2)17-16(20)11-12-19(23(5,21)22)15-9-7-14(8-10-15)18(3)4/h7-10,13H,6,11-12H2,1-5H3,(H,17,20). The fraction of sp³-hybridized carbons (Fsp3) is 0.562. The van der Waals surface area contributed by atoms with Crippen molar-refractivity contribution in [3.05, 3.63) is 24.3 Å². The zero-order valence-electron chi connectivity index (χ0n) is 14.5. The number of carbonyl (C=O) groups is 1. The summed E-state index contributed by atoms with van der Waals surface area (Å²) in [5.41, 5.74) is 1.55. The molecule has 1 atom stereocenters. The SMILES string of the molecule is CCC(C)NC(=O)CCN(c1ccc(N(C)C)cc1)S(C)(=O)=O. The third-order valence-electron chi connectivity index (χ3n) is 3.62. The Bertz CT molecular complexity index is 612. The zero-order valence-corrected chi connectivity index (χ0v) is 15.4. The summed E-state index contributed by atoms with van der Waals surface area (Å²) in [7, 11) is 0.397. The summed E-state index contributed by atoms with van der Waals surface area (Å²) >= 11 is 0. The van der Waals surface area contributed by atoms with Crippen molar-refractivity contribution >= 4 is 27.3 Å². The number of hydrogen-bond acceptors (Lipinski definition) is 4. The van der Waals surface area contributed by atoms with Gasteiger partial charge < -0.3 is 10.2 Å². The average molecular weight is 341 g/mol. The molecule has 0 saturated carbocycles.